The van der Waals surface area contributed by atoms with Crippen molar-refractivity contribution in [3.63, 3.8) is 0 Å². The number of hydrogen-bond donors (Lipinski definition) is 1. The number of hydrogen-bond acceptors (Lipinski definition) is 3. The van der Waals surface area contributed by atoms with E-state index in [1.807, 2.05) is 78.9 Å². The molecule has 152 valence electrons. The van der Waals surface area contributed by atoms with Crippen molar-refractivity contribution in [2.45, 2.75) is 6.42 Å². The Morgan fingerprint density at radius 1 is 0.967 bits per heavy atom. The van der Waals surface area contributed by atoms with Gasteiger partial charge in [0, 0.05) is 36.7 Å². The zero-order chi connectivity index (χ0) is 20.9. The first-order valence-corrected chi connectivity index (χ1v) is 10.0. The quantitative estimate of drug-likeness (QED) is 0.676. The first-order valence-electron chi connectivity index (χ1n) is 10.0. The lowest BCUT2D eigenvalue weighted by atomic mass is 10.0. The number of methoxy groups -OCH3 is 1. The third kappa shape index (κ3) is 4.35. The smallest absolute Gasteiger partial charge is 0.251 e. The Morgan fingerprint density at radius 3 is 2.30 bits per heavy atom. The van der Waals surface area contributed by atoms with E-state index in [2.05, 4.69) is 5.32 Å². The Balaban J connectivity index is 1.33. The van der Waals surface area contributed by atoms with Crippen molar-refractivity contribution in [2.24, 2.45) is 5.92 Å². The number of nitrogens with zero attached hydrogens (tertiary/aromatic N) is 1. The fraction of sp³-hybridized carbons (Fsp3) is 0.200. The van der Waals surface area contributed by atoms with Crippen molar-refractivity contribution >= 4 is 17.5 Å². The van der Waals surface area contributed by atoms with E-state index in [4.69, 9.17) is 4.74 Å². The topological polar surface area (TPSA) is 58.6 Å². The summed E-state index contributed by atoms with van der Waals surface area (Å²) in [6.07, 6.45) is 0.430. The largest absolute Gasteiger partial charge is 0.497 e. The minimum absolute atomic E-state index is 0.0756. The molecule has 1 aliphatic heterocycles. The number of benzene rings is 3. The van der Waals surface area contributed by atoms with Crippen molar-refractivity contribution in [3.05, 3.63) is 84.4 Å². The third-order valence-corrected chi connectivity index (χ3v) is 5.39. The van der Waals surface area contributed by atoms with Gasteiger partial charge in [-0.05, 0) is 47.5 Å². The van der Waals surface area contributed by atoms with Crippen LogP contribution in [0.15, 0.2) is 78.9 Å². The summed E-state index contributed by atoms with van der Waals surface area (Å²) >= 11 is 0. The number of rotatable bonds is 6. The van der Waals surface area contributed by atoms with E-state index >= 15 is 0 Å². The van der Waals surface area contributed by atoms with Crippen molar-refractivity contribution in [2.75, 3.05) is 25.1 Å². The standard InChI is InChI=1S/C25H24N2O3/c1-30-23-13-11-22(12-14-23)27-17-18(15-24(27)28)16-26-25(29)21-9-7-20(8-10-21)19-5-3-2-4-6-19/h2-14,18H,15-17H2,1H3,(H,26,29). The molecule has 1 N–H and O–H groups in total. The van der Waals surface area contributed by atoms with E-state index in [-0.39, 0.29) is 17.7 Å². The first-order chi connectivity index (χ1) is 14.6. The van der Waals surface area contributed by atoms with Gasteiger partial charge >= 0.3 is 0 Å². The molecule has 3 aromatic carbocycles. The molecule has 1 fully saturated rings. The summed E-state index contributed by atoms with van der Waals surface area (Å²) in [5, 5.41) is 2.97. The molecular weight excluding hydrogens is 376 g/mol. The monoisotopic (exact) mass is 400 g/mol. The Morgan fingerprint density at radius 2 is 1.63 bits per heavy atom. The minimum Gasteiger partial charge on any atom is -0.497 e. The molecule has 0 aliphatic carbocycles. The van der Waals surface area contributed by atoms with Crippen LogP contribution in [0.5, 0.6) is 5.75 Å². The Bertz CT molecular complexity index is 1010. The minimum atomic E-state index is -0.120. The van der Waals surface area contributed by atoms with Gasteiger partial charge in [0.15, 0.2) is 0 Å². The highest BCUT2D eigenvalue weighted by molar-refractivity contribution is 5.96. The molecule has 1 heterocycles. The molecule has 5 heteroatoms. The van der Waals surface area contributed by atoms with Crippen LogP contribution in [0.2, 0.25) is 0 Å². The molecule has 30 heavy (non-hydrogen) atoms. The molecule has 0 bridgehead atoms. The maximum Gasteiger partial charge on any atom is 0.251 e. The van der Waals surface area contributed by atoms with E-state index in [1.54, 1.807) is 12.0 Å². The molecule has 1 aliphatic rings. The van der Waals surface area contributed by atoms with Gasteiger partial charge in [-0.1, -0.05) is 42.5 Å². The summed E-state index contributed by atoms with van der Waals surface area (Å²) in [4.78, 5) is 26.7. The molecule has 1 saturated heterocycles. The van der Waals surface area contributed by atoms with Gasteiger partial charge in [-0.25, -0.2) is 0 Å². The molecule has 0 aromatic heterocycles. The van der Waals surface area contributed by atoms with Crippen LogP contribution >= 0.6 is 0 Å². The molecule has 1 atom stereocenters. The summed E-state index contributed by atoms with van der Waals surface area (Å²) in [6, 6.07) is 25.1. The molecule has 0 spiro atoms. The Kier molecular flexibility index (Phi) is 5.80. The lowest BCUT2D eigenvalue weighted by Gasteiger charge is -2.17. The van der Waals surface area contributed by atoms with Crippen molar-refractivity contribution < 1.29 is 14.3 Å². The average Bonchev–Trinajstić information content (AvgIpc) is 3.18. The number of amides is 2. The van der Waals surface area contributed by atoms with Crippen molar-refractivity contribution in [1.82, 2.24) is 5.32 Å². The highest BCUT2D eigenvalue weighted by Gasteiger charge is 2.30. The fourth-order valence-corrected chi connectivity index (χ4v) is 3.71. The number of nitrogens with one attached hydrogen (secondary N) is 1. The molecular formula is C25H24N2O3. The maximum absolute atomic E-state index is 12.5. The third-order valence-electron chi connectivity index (χ3n) is 5.39. The zero-order valence-corrected chi connectivity index (χ0v) is 16.9. The zero-order valence-electron chi connectivity index (χ0n) is 16.9. The van der Waals surface area contributed by atoms with Crippen LogP contribution in [0.25, 0.3) is 11.1 Å². The number of carbonyl (C=O) groups excluding carboxylic acids is 2. The van der Waals surface area contributed by atoms with Gasteiger partial charge in [0.05, 0.1) is 7.11 Å². The lowest BCUT2D eigenvalue weighted by Crippen LogP contribution is -2.31. The van der Waals surface area contributed by atoms with Gasteiger partial charge in [0.2, 0.25) is 5.91 Å². The average molecular weight is 400 g/mol. The lowest BCUT2D eigenvalue weighted by molar-refractivity contribution is -0.117. The maximum atomic E-state index is 12.5. The number of anilines is 1. The Hall–Kier alpha value is -3.60. The number of ether oxygens (including phenoxy) is 1. The second-order valence-electron chi connectivity index (χ2n) is 7.43. The summed E-state index contributed by atoms with van der Waals surface area (Å²) in [7, 11) is 1.62. The van der Waals surface area contributed by atoms with Crippen LogP contribution in [-0.4, -0.2) is 32.0 Å². The summed E-state index contributed by atoms with van der Waals surface area (Å²) in [5.41, 5.74) is 3.66. The second kappa shape index (κ2) is 8.82. The number of carbonyl (C=O) groups is 2. The highest BCUT2D eigenvalue weighted by Crippen LogP contribution is 2.26. The van der Waals surface area contributed by atoms with Crippen LogP contribution in [-0.2, 0) is 4.79 Å². The van der Waals surface area contributed by atoms with Crippen LogP contribution < -0.4 is 15.0 Å². The van der Waals surface area contributed by atoms with E-state index in [0.717, 1.165) is 22.6 Å². The normalized spacial score (nSPS) is 15.8. The predicted molar refractivity (Wildman–Crippen MR) is 118 cm³/mol. The van der Waals surface area contributed by atoms with Gasteiger partial charge in [0.1, 0.15) is 5.75 Å². The fourth-order valence-electron chi connectivity index (χ4n) is 3.71. The van der Waals surface area contributed by atoms with Gasteiger partial charge in [-0.15, -0.1) is 0 Å². The van der Waals surface area contributed by atoms with Gasteiger partial charge in [-0.3, -0.25) is 9.59 Å². The van der Waals surface area contributed by atoms with E-state index in [0.29, 0.717) is 25.1 Å². The van der Waals surface area contributed by atoms with E-state index in [1.165, 1.54) is 0 Å². The summed E-state index contributed by atoms with van der Waals surface area (Å²) in [5.74, 6) is 0.802. The van der Waals surface area contributed by atoms with Gasteiger partial charge in [-0.2, -0.15) is 0 Å². The molecule has 3 aromatic rings. The predicted octanol–water partition coefficient (Wildman–Crippen LogP) is 4.15. The second-order valence-corrected chi connectivity index (χ2v) is 7.43. The van der Waals surface area contributed by atoms with Crippen LogP contribution in [0, 0.1) is 5.92 Å². The van der Waals surface area contributed by atoms with E-state index in [9.17, 15) is 9.59 Å². The Labute approximate surface area is 176 Å². The first kappa shape index (κ1) is 19.7. The molecule has 1 unspecified atom stereocenters. The SMILES string of the molecule is COc1ccc(N2CC(CNC(=O)c3ccc(-c4ccccc4)cc3)CC2=O)cc1. The van der Waals surface area contributed by atoms with Gasteiger partial charge in [0.25, 0.3) is 5.91 Å². The summed E-state index contributed by atoms with van der Waals surface area (Å²) in [6.45, 7) is 1.07. The molecule has 0 radical (unpaired) electrons. The molecule has 4 rings (SSSR count). The van der Waals surface area contributed by atoms with Gasteiger partial charge < -0.3 is 15.0 Å². The van der Waals surface area contributed by atoms with Crippen LogP contribution in [0.3, 0.4) is 0 Å². The summed E-state index contributed by atoms with van der Waals surface area (Å²) < 4.78 is 5.17. The van der Waals surface area contributed by atoms with Crippen molar-refractivity contribution in [3.8, 4) is 16.9 Å². The van der Waals surface area contributed by atoms with Crippen LogP contribution in [0.4, 0.5) is 5.69 Å². The van der Waals surface area contributed by atoms with Crippen LogP contribution in [0.1, 0.15) is 16.8 Å². The molecule has 5 nitrogen and oxygen atoms in total. The highest BCUT2D eigenvalue weighted by atomic mass is 16.5. The van der Waals surface area contributed by atoms with Crippen molar-refractivity contribution in [1.29, 1.82) is 0 Å². The molecule has 2 amide bonds. The van der Waals surface area contributed by atoms with E-state index < -0.39 is 0 Å². The molecule has 0 saturated carbocycles.